The van der Waals surface area contributed by atoms with Crippen LogP contribution in [-0.2, 0) is 4.79 Å². The van der Waals surface area contributed by atoms with Crippen LogP contribution < -0.4 is 5.32 Å². The highest BCUT2D eigenvalue weighted by Gasteiger charge is 2.20. The number of hydrogen-bond donors (Lipinski definition) is 2. The summed E-state index contributed by atoms with van der Waals surface area (Å²) in [6, 6.07) is 9.50. The maximum Gasteiger partial charge on any atom is 0.277 e. The summed E-state index contributed by atoms with van der Waals surface area (Å²) in [7, 11) is 0. The Hall–Kier alpha value is -3.07. The molecule has 0 aliphatic rings. The van der Waals surface area contributed by atoms with Gasteiger partial charge in [-0.25, -0.2) is 0 Å². The quantitative estimate of drug-likeness (QED) is 0.517. The van der Waals surface area contributed by atoms with E-state index >= 15 is 0 Å². The van der Waals surface area contributed by atoms with Gasteiger partial charge in [-0.1, -0.05) is 35.1 Å². The lowest BCUT2D eigenvalue weighted by atomic mass is 10.2. The van der Waals surface area contributed by atoms with E-state index in [4.69, 9.17) is 8.94 Å². The minimum Gasteiger partial charge on any atom is -0.411 e. The first kappa shape index (κ1) is 16.4. The molecule has 26 heavy (non-hydrogen) atoms. The molecule has 8 nitrogen and oxygen atoms in total. The van der Waals surface area contributed by atoms with Crippen LogP contribution in [0.3, 0.4) is 0 Å². The SMILES string of the molecule is Cc1cc(NC(=O)C(C)Sc2nnc(-c3c[nH]c4ccccc34)o2)on1. The number of para-hydroxylation sites is 1. The molecule has 0 aliphatic carbocycles. The van der Waals surface area contributed by atoms with Crippen LogP contribution in [0, 0.1) is 6.92 Å². The molecule has 0 bridgehead atoms. The second kappa shape index (κ2) is 6.68. The molecule has 0 aliphatic heterocycles. The van der Waals surface area contributed by atoms with Gasteiger partial charge in [0.25, 0.3) is 11.1 Å². The average Bonchev–Trinajstić information content (AvgIpc) is 3.34. The van der Waals surface area contributed by atoms with Crippen molar-refractivity contribution in [3.8, 4) is 11.5 Å². The number of anilines is 1. The van der Waals surface area contributed by atoms with Crippen LogP contribution in [0.1, 0.15) is 12.6 Å². The van der Waals surface area contributed by atoms with Crippen molar-refractivity contribution in [3.05, 3.63) is 42.2 Å². The molecule has 132 valence electrons. The Morgan fingerprint density at radius 1 is 1.31 bits per heavy atom. The van der Waals surface area contributed by atoms with Crippen LogP contribution >= 0.6 is 11.8 Å². The number of nitrogens with one attached hydrogen (secondary N) is 2. The molecule has 0 radical (unpaired) electrons. The van der Waals surface area contributed by atoms with Gasteiger partial charge in [-0.2, -0.15) is 0 Å². The Morgan fingerprint density at radius 3 is 2.96 bits per heavy atom. The van der Waals surface area contributed by atoms with Gasteiger partial charge in [-0.05, 0) is 19.9 Å². The lowest BCUT2D eigenvalue weighted by molar-refractivity contribution is -0.115. The standard InChI is InChI=1S/C17H15N5O3S/c1-9-7-14(25-22-9)19-15(23)10(2)26-17-21-20-16(24-17)12-8-18-13-6-4-3-5-11(12)13/h3-8,10,18H,1-2H3,(H,19,23). The zero-order valence-corrected chi connectivity index (χ0v) is 14.8. The van der Waals surface area contributed by atoms with Crippen molar-refractivity contribution in [2.45, 2.75) is 24.3 Å². The molecule has 1 atom stereocenters. The Bertz CT molecular complexity index is 1070. The topological polar surface area (TPSA) is 110 Å². The Labute approximate surface area is 152 Å². The number of H-pyrrole nitrogens is 1. The number of fused-ring (bicyclic) bond motifs is 1. The van der Waals surface area contributed by atoms with Gasteiger partial charge in [0.15, 0.2) is 0 Å². The van der Waals surface area contributed by atoms with Crippen molar-refractivity contribution in [3.63, 3.8) is 0 Å². The molecule has 3 heterocycles. The minimum atomic E-state index is -0.448. The second-order valence-corrected chi connectivity index (χ2v) is 6.99. The smallest absolute Gasteiger partial charge is 0.277 e. The fourth-order valence-electron chi connectivity index (χ4n) is 2.47. The number of carbonyl (C=O) groups is 1. The van der Waals surface area contributed by atoms with Crippen LogP contribution in [0.5, 0.6) is 0 Å². The van der Waals surface area contributed by atoms with Crippen LogP contribution in [0.2, 0.25) is 0 Å². The number of aromatic nitrogens is 4. The molecule has 0 saturated heterocycles. The molecule has 1 aromatic carbocycles. The van der Waals surface area contributed by atoms with Gasteiger partial charge in [0, 0.05) is 23.2 Å². The van der Waals surface area contributed by atoms with E-state index in [0.29, 0.717) is 22.7 Å². The first-order valence-electron chi connectivity index (χ1n) is 7.91. The van der Waals surface area contributed by atoms with E-state index < -0.39 is 5.25 Å². The normalized spacial score (nSPS) is 12.4. The third-order valence-corrected chi connectivity index (χ3v) is 4.68. The van der Waals surface area contributed by atoms with Crippen LogP contribution in [0.15, 0.2) is 50.7 Å². The predicted octanol–water partition coefficient (Wildman–Crippen LogP) is 3.63. The van der Waals surface area contributed by atoms with E-state index in [1.807, 2.05) is 30.5 Å². The first-order chi connectivity index (χ1) is 12.6. The minimum absolute atomic E-state index is 0.238. The monoisotopic (exact) mass is 369 g/mol. The van der Waals surface area contributed by atoms with E-state index in [2.05, 4.69) is 25.7 Å². The molecular weight excluding hydrogens is 354 g/mol. The van der Waals surface area contributed by atoms with Crippen molar-refractivity contribution in [1.82, 2.24) is 20.3 Å². The summed E-state index contributed by atoms with van der Waals surface area (Å²) in [5, 5.41) is 15.4. The highest BCUT2D eigenvalue weighted by Crippen LogP contribution is 2.30. The van der Waals surface area contributed by atoms with E-state index in [0.717, 1.165) is 16.5 Å². The van der Waals surface area contributed by atoms with E-state index in [-0.39, 0.29) is 5.91 Å². The van der Waals surface area contributed by atoms with Gasteiger partial charge in [0.1, 0.15) is 0 Å². The summed E-state index contributed by atoms with van der Waals surface area (Å²) in [5.41, 5.74) is 2.51. The second-order valence-electron chi connectivity index (χ2n) is 5.70. The van der Waals surface area contributed by atoms with Crippen molar-refractivity contribution in [1.29, 1.82) is 0 Å². The zero-order valence-electron chi connectivity index (χ0n) is 14.0. The fourth-order valence-corrected chi connectivity index (χ4v) is 3.15. The van der Waals surface area contributed by atoms with Crippen LogP contribution in [0.4, 0.5) is 5.88 Å². The summed E-state index contributed by atoms with van der Waals surface area (Å²) in [5.74, 6) is 0.478. The van der Waals surface area contributed by atoms with Crippen LogP contribution in [0.25, 0.3) is 22.4 Å². The molecule has 3 aromatic heterocycles. The van der Waals surface area contributed by atoms with Gasteiger partial charge in [-0.3, -0.25) is 10.1 Å². The van der Waals surface area contributed by atoms with Crippen molar-refractivity contribution < 1.29 is 13.7 Å². The third-order valence-electron chi connectivity index (χ3n) is 3.75. The van der Waals surface area contributed by atoms with Crippen LogP contribution in [-0.4, -0.2) is 31.5 Å². The molecule has 0 spiro atoms. The molecule has 1 amide bonds. The molecule has 9 heteroatoms. The van der Waals surface area contributed by atoms with Gasteiger partial charge in [0.2, 0.25) is 11.8 Å². The highest BCUT2D eigenvalue weighted by atomic mass is 32.2. The molecular formula is C17H15N5O3S. The Balaban J connectivity index is 1.47. The maximum absolute atomic E-state index is 12.2. The largest absolute Gasteiger partial charge is 0.411 e. The van der Waals surface area contributed by atoms with E-state index in [1.165, 1.54) is 11.8 Å². The predicted molar refractivity (Wildman–Crippen MR) is 96.8 cm³/mol. The third kappa shape index (κ3) is 3.21. The maximum atomic E-state index is 12.2. The Morgan fingerprint density at radius 2 is 2.15 bits per heavy atom. The number of aryl methyl sites for hydroxylation is 1. The number of aromatic amines is 1. The van der Waals surface area contributed by atoms with Gasteiger partial charge in [-0.15, -0.1) is 10.2 Å². The van der Waals surface area contributed by atoms with Crippen molar-refractivity contribution in [2.75, 3.05) is 5.32 Å². The lowest BCUT2D eigenvalue weighted by Crippen LogP contribution is -2.22. The lowest BCUT2D eigenvalue weighted by Gasteiger charge is -2.06. The molecule has 4 aromatic rings. The van der Waals surface area contributed by atoms with Gasteiger partial charge >= 0.3 is 0 Å². The molecule has 4 rings (SSSR count). The summed E-state index contributed by atoms with van der Waals surface area (Å²) in [6.07, 6.45) is 1.83. The molecule has 2 N–H and O–H groups in total. The summed E-state index contributed by atoms with van der Waals surface area (Å²) < 4.78 is 10.7. The van der Waals surface area contributed by atoms with Gasteiger partial charge in [0.05, 0.1) is 16.5 Å². The Kier molecular flexibility index (Phi) is 4.21. The van der Waals surface area contributed by atoms with Crippen molar-refractivity contribution >= 4 is 34.5 Å². The number of amides is 1. The van der Waals surface area contributed by atoms with Crippen molar-refractivity contribution in [2.24, 2.45) is 0 Å². The summed E-state index contributed by atoms with van der Waals surface area (Å²) in [6.45, 7) is 3.53. The number of rotatable bonds is 5. The summed E-state index contributed by atoms with van der Waals surface area (Å²) >= 11 is 1.18. The number of nitrogens with zero attached hydrogens (tertiary/aromatic N) is 3. The average molecular weight is 369 g/mol. The number of hydrogen-bond acceptors (Lipinski definition) is 7. The zero-order chi connectivity index (χ0) is 18.1. The van der Waals surface area contributed by atoms with E-state index in [1.54, 1.807) is 19.9 Å². The number of carbonyl (C=O) groups excluding carboxylic acids is 1. The summed E-state index contributed by atoms with van der Waals surface area (Å²) in [4.78, 5) is 15.4. The van der Waals surface area contributed by atoms with E-state index in [9.17, 15) is 4.79 Å². The molecule has 1 unspecified atom stereocenters. The molecule has 0 saturated carbocycles. The number of thioether (sulfide) groups is 1. The number of benzene rings is 1. The fraction of sp³-hybridized carbons (Fsp3) is 0.176. The highest BCUT2D eigenvalue weighted by molar-refractivity contribution is 8.00. The first-order valence-corrected chi connectivity index (χ1v) is 8.79. The van der Waals surface area contributed by atoms with Gasteiger partial charge < -0.3 is 13.9 Å². The molecule has 0 fully saturated rings.